The highest BCUT2D eigenvalue weighted by Gasteiger charge is 1.93. The van der Waals surface area contributed by atoms with Gasteiger partial charge in [-0.2, -0.15) is 0 Å². The Morgan fingerprint density at radius 2 is 2.45 bits per heavy atom. The van der Waals surface area contributed by atoms with Gasteiger partial charge in [0.1, 0.15) is 0 Å². The van der Waals surface area contributed by atoms with Gasteiger partial charge < -0.3 is 4.74 Å². The number of carbonyl (C=O) groups excluding carboxylic acids is 1. The molecule has 0 unspecified atom stereocenters. The summed E-state index contributed by atoms with van der Waals surface area (Å²) in [5, 5.41) is 0. The average Bonchev–Trinajstić information content (AvgIpc) is 2.07. The third-order valence-electron chi connectivity index (χ3n) is 1.10. The first-order valence-corrected chi connectivity index (χ1v) is 2.97. The molecule has 3 nitrogen and oxygen atoms in total. The van der Waals surface area contributed by atoms with Crippen LogP contribution in [0.5, 0.6) is 5.88 Å². The largest absolute Gasteiger partial charge is 0.446 e. The van der Waals surface area contributed by atoms with Crippen LogP contribution in [-0.2, 0) is 0 Å². The Morgan fingerprint density at radius 3 is 2.91 bits per heavy atom. The van der Waals surface area contributed by atoms with Crippen molar-refractivity contribution in [3.8, 4) is 5.88 Å². The monoisotopic (exact) mass is 155 g/mol. The van der Waals surface area contributed by atoms with E-state index < -0.39 is 6.86 Å². The fourth-order valence-electron chi connectivity index (χ4n) is 0.603. The van der Waals surface area contributed by atoms with Crippen molar-refractivity contribution in [2.75, 3.05) is 6.86 Å². The average molecular weight is 155 g/mol. The number of hydrogen-bond acceptors (Lipinski definition) is 3. The van der Waals surface area contributed by atoms with Crippen molar-refractivity contribution < 1.29 is 13.9 Å². The van der Waals surface area contributed by atoms with Gasteiger partial charge in [0.25, 0.3) is 0 Å². The number of rotatable bonds is 3. The fourth-order valence-corrected chi connectivity index (χ4v) is 0.603. The summed E-state index contributed by atoms with van der Waals surface area (Å²) in [5.41, 5.74) is 0.441. The topological polar surface area (TPSA) is 39.2 Å². The molecule has 0 amide bonds. The minimum atomic E-state index is -0.909. The van der Waals surface area contributed by atoms with E-state index in [1.165, 1.54) is 18.3 Å². The minimum Gasteiger partial charge on any atom is -0.446 e. The van der Waals surface area contributed by atoms with Crippen LogP contribution in [0.15, 0.2) is 18.3 Å². The Hall–Kier alpha value is -1.45. The highest BCUT2D eigenvalue weighted by molar-refractivity contribution is 5.73. The Kier molecular flexibility index (Phi) is 2.54. The van der Waals surface area contributed by atoms with Crippen LogP contribution in [0.4, 0.5) is 4.39 Å². The summed E-state index contributed by atoms with van der Waals surface area (Å²) in [5.74, 6) is 0.179. The predicted molar refractivity (Wildman–Crippen MR) is 36.2 cm³/mol. The zero-order chi connectivity index (χ0) is 8.10. The number of aromatic nitrogens is 1. The van der Waals surface area contributed by atoms with Crippen LogP contribution < -0.4 is 4.74 Å². The number of halogens is 1. The third-order valence-corrected chi connectivity index (χ3v) is 1.10. The molecule has 0 aromatic carbocycles. The second kappa shape index (κ2) is 3.65. The van der Waals surface area contributed by atoms with Crippen molar-refractivity contribution in [2.45, 2.75) is 0 Å². The SMILES string of the molecule is O=Cc1ccc(OCF)nc1. The maximum Gasteiger partial charge on any atom is 0.230 e. The van der Waals surface area contributed by atoms with Gasteiger partial charge in [-0.05, 0) is 6.07 Å². The van der Waals surface area contributed by atoms with Crippen molar-refractivity contribution in [1.82, 2.24) is 4.98 Å². The molecule has 1 aromatic heterocycles. The zero-order valence-corrected chi connectivity index (χ0v) is 5.66. The lowest BCUT2D eigenvalue weighted by atomic mass is 10.3. The van der Waals surface area contributed by atoms with Gasteiger partial charge in [0.2, 0.25) is 12.7 Å². The molecule has 0 N–H and O–H groups in total. The van der Waals surface area contributed by atoms with E-state index in [1.807, 2.05) is 0 Å². The molecule has 0 atom stereocenters. The van der Waals surface area contributed by atoms with E-state index in [9.17, 15) is 9.18 Å². The summed E-state index contributed by atoms with van der Waals surface area (Å²) < 4.78 is 15.9. The first kappa shape index (κ1) is 7.65. The summed E-state index contributed by atoms with van der Waals surface area (Å²) in [4.78, 5) is 13.8. The van der Waals surface area contributed by atoms with Gasteiger partial charge in [-0.25, -0.2) is 9.37 Å². The molecule has 0 aliphatic carbocycles. The number of aldehydes is 1. The quantitative estimate of drug-likeness (QED) is 0.615. The first-order valence-electron chi connectivity index (χ1n) is 2.97. The van der Waals surface area contributed by atoms with Crippen LogP contribution >= 0.6 is 0 Å². The molecule has 58 valence electrons. The molecular formula is C7H6FNO2. The van der Waals surface area contributed by atoms with Crippen molar-refractivity contribution in [3.05, 3.63) is 23.9 Å². The van der Waals surface area contributed by atoms with Crippen molar-refractivity contribution in [1.29, 1.82) is 0 Å². The highest BCUT2D eigenvalue weighted by Crippen LogP contribution is 2.05. The van der Waals surface area contributed by atoms with E-state index in [0.717, 1.165) is 0 Å². The van der Waals surface area contributed by atoms with Crippen LogP contribution in [0.1, 0.15) is 10.4 Å². The van der Waals surface area contributed by atoms with E-state index in [4.69, 9.17) is 0 Å². The van der Waals surface area contributed by atoms with E-state index in [-0.39, 0.29) is 5.88 Å². The number of pyridine rings is 1. The molecule has 4 heteroatoms. The molecule has 11 heavy (non-hydrogen) atoms. The normalized spacial score (nSPS) is 9.18. The van der Waals surface area contributed by atoms with Gasteiger partial charge in [-0.1, -0.05) is 0 Å². The molecule has 0 aliphatic rings. The van der Waals surface area contributed by atoms with Gasteiger partial charge in [-0.3, -0.25) is 4.79 Å². The summed E-state index contributed by atoms with van der Waals surface area (Å²) in [6.45, 7) is -0.909. The number of nitrogens with zero attached hydrogens (tertiary/aromatic N) is 1. The van der Waals surface area contributed by atoms with Gasteiger partial charge in [0.15, 0.2) is 6.29 Å². The molecule has 0 spiro atoms. The van der Waals surface area contributed by atoms with Crippen LogP contribution in [0.2, 0.25) is 0 Å². The molecule has 0 saturated carbocycles. The summed E-state index contributed by atoms with van der Waals surface area (Å²) in [6.07, 6.45) is 1.98. The van der Waals surface area contributed by atoms with E-state index >= 15 is 0 Å². The number of hydrogen-bond donors (Lipinski definition) is 0. The lowest BCUT2D eigenvalue weighted by Crippen LogP contribution is -1.93. The van der Waals surface area contributed by atoms with Gasteiger partial charge in [-0.15, -0.1) is 0 Å². The van der Waals surface area contributed by atoms with Crippen LogP contribution in [-0.4, -0.2) is 18.1 Å². The minimum absolute atomic E-state index is 0.179. The van der Waals surface area contributed by atoms with Gasteiger partial charge in [0.05, 0.1) is 0 Å². The van der Waals surface area contributed by atoms with Crippen LogP contribution in [0.25, 0.3) is 0 Å². The molecule has 0 fully saturated rings. The first-order chi connectivity index (χ1) is 5.36. The van der Waals surface area contributed by atoms with Crippen molar-refractivity contribution in [2.24, 2.45) is 0 Å². The third kappa shape index (κ3) is 2.00. The van der Waals surface area contributed by atoms with Gasteiger partial charge >= 0.3 is 0 Å². The molecule has 0 radical (unpaired) electrons. The Balaban J connectivity index is 2.74. The van der Waals surface area contributed by atoms with Crippen LogP contribution in [0, 0.1) is 0 Å². The van der Waals surface area contributed by atoms with Gasteiger partial charge in [0, 0.05) is 17.8 Å². The van der Waals surface area contributed by atoms with E-state index in [0.29, 0.717) is 11.8 Å². The molecule has 0 saturated heterocycles. The summed E-state index contributed by atoms with van der Waals surface area (Å²) in [6, 6.07) is 2.94. The Bertz CT molecular complexity index is 235. The standard InChI is InChI=1S/C7H6FNO2/c8-5-11-7-2-1-6(4-10)3-9-7/h1-4H,5H2. The van der Waals surface area contributed by atoms with E-state index in [2.05, 4.69) is 9.72 Å². The lowest BCUT2D eigenvalue weighted by molar-refractivity contribution is 0.112. The maximum atomic E-state index is 11.5. The zero-order valence-electron chi connectivity index (χ0n) is 5.66. The van der Waals surface area contributed by atoms with Crippen molar-refractivity contribution >= 4 is 6.29 Å². The lowest BCUT2D eigenvalue weighted by Gasteiger charge is -1.97. The highest BCUT2D eigenvalue weighted by atomic mass is 19.1. The molecule has 1 rings (SSSR count). The maximum absolute atomic E-state index is 11.5. The molecule has 1 aromatic rings. The fraction of sp³-hybridized carbons (Fsp3) is 0.143. The second-order valence-corrected chi connectivity index (χ2v) is 1.80. The van der Waals surface area contributed by atoms with Crippen LogP contribution in [0.3, 0.4) is 0 Å². The predicted octanol–water partition coefficient (Wildman–Crippen LogP) is 1.20. The number of carbonyl (C=O) groups is 1. The number of alkyl halides is 1. The summed E-state index contributed by atoms with van der Waals surface area (Å²) >= 11 is 0. The summed E-state index contributed by atoms with van der Waals surface area (Å²) in [7, 11) is 0. The molecule has 0 bridgehead atoms. The second-order valence-electron chi connectivity index (χ2n) is 1.80. The molecule has 1 heterocycles. The Morgan fingerprint density at radius 1 is 1.64 bits per heavy atom. The number of ether oxygens (including phenoxy) is 1. The smallest absolute Gasteiger partial charge is 0.230 e. The van der Waals surface area contributed by atoms with Crippen molar-refractivity contribution in [3.63, 3.8) is 0 Å². The Labute approximate surface area is 62.8 Å². The molecular weight excluding hydrogens is 149 g/mol. The molecule has 0 aliphatic heterocycles. The van der Waals surface area contributed by atoms with E-state index in [1.54, 1.807) is 0 Å².